The predicted octanol–water partition coefficient (Wildman–Crippen LogP) is 5.75. The fraction of sp³-hybridized carbons (Fsp3) is 0.179. The monoisotopic (exact) mass is 519 g/mol. The summed E-state index contributed by atoms with van der Waals surface area (Å²) in [5, 5.41) is 9.11. The Morgan fingerprint density at radius 1 is 0.944 bits per heavy atom. The van der Waals surface area contributed by atoms with E-state index in [1.165, 1.54) is 5.56 Å². The van der Waals surface area contributed by atoms with Crippen LogP contribution < -0.4 is 9.47 Å². The highest BCUT2D eigenvalue weighted by atomic mass is 32.2. The Morgan fingerprint density at radius 2 is 1.53 bits per heavy atom. The SMILES string of the molecule is Cc1ccc(COc2ccc(OCc3ccc(C)cc3)c(/C=C3/SC(=S)N(CC(=O)O)C3=O)c2)cc1. The Labute approximate surface area is 219 Å². The number of ether oxygens (including phenoxy) is 2. The fourth-order valence-corrected chi connectivity index (χ4v) is 4.72. The number of nitrogens with zero attached hydrogens (tertiary/aromatic N) is 1. The molecule has 1 amide bonds. The van der Waals surface area contributed by atoms with Crippen molar-refractivity contribution in [3.63, 3.8) is 0 Å². The second kappa shape index (κ2) is 11.4. The van der Waals surface area contributed by atoms with Gasteiger partial charge in [0.25, 0.3) is 5.91 Å². The molecule has 0 bridgehead atoms. The molecule has 0 aromatic heterocycles. The van der Waals surface area contributed by atoms with Gasteiger partial charge in [-0.1, -0.05) is 83.6 Å². The number of rotatable bonds is 9. The zero-order chi connectivity index (χ0) is 25.7. The summed E-state index contributed by atoms with van der Waals surface area (Å²) >= 11 is 6.30. The normalized spacial score (nSPS) is 14.4. The van der Waals surface area contributed by atoms with Gasteiger partial charge in [0, 0.05) is 5.56 Å². The van der Waals surface area contributed by atoms with E-state index in [1.54, 1.807) is 6.08 Å². The number of benzene rings is 3. The van der Waals surface area contributed by atoms with E-state index < -0.39 is 18.4 Å². The minimum atomic E-state index is -1.12. The zero-order valence-electron chi connectivity index (χ0n) is 19.9. The molecule has 1 aliphatic heterocycles. The highest BCUT2D eigenvalue weighted by Gasteiger charge is 2.33. The number of thiocarbonyl (C=S) groups is 1. The summed E-state index contributed by atoms with van der Waals surface area (Å²) in [6.07, 6.45) is 1.67. The quantitative estimate of drug-likeness (QED) is 0.285. The lowest BCUT2D eigenvalue weighted by Gasteiger charge is -2.13. The molecule has 8 heteroatoms. The van der Waals surface area contributed by atoms with Crippen LogP contribution in [0.3, 0.4) is 0 Å². The summed E-state index contributed by atoms with van der Waals surface area (Å²) in [5.74, 6) is -0.378. The van der Waals surface area contributed by atoms with Crippen LogP contribution in [-0.2, 0) is 22.8 Å². The lowest BCUT2D eigenvalue weighted by Crippen LogP contribution is -2.33. The van der Waals surface area contributed by atoms with Crippen molar-refractivity contribution in [3.8, 4) is 11.5 Å². The van der Waals surface area contributed by atoms with Crippen LogP contribution in [0, 0.1) is 13.8 Å². The van der Waals surface area contributed by atoms with Gasteiger partial charge in [-0.05, 0) is 49.2 Å². The van der Waals surface area contributed by atoms with Gasteiger partial charge >= 0.3 is 5.97 Å². The van der Waals surface area contributed by atoms with Crippen molar-refractivity contribution in [1.29, 1.82) is 0 Å². The van der Waals surface area contributed by atoms with Crippen LogP contribution in [0.15, 0.2) is 71.6 Å². The second-order valence-corrected chi connectivity index (χ2v) is 10.1. The van der Waals surface area contributed by atoms with Crippen molar-refractivity contribution in [1.82, 2.24) is 4.90 Å². The number of thioether (sulfide) groups is 1. The van der Waals surface area contributed by atoms with Crippen LogP contribution in [0.1, 0.15) is 27.8 Å². The van der Waals surface area contributed by atoms with E-state index in [0.29, 0.717) is 35.2 Å². The van der Waals surface area contributed by atoms with Crippen LogP contribution in [0.25, 0.3) is 6.08 Å². The molecule has 1 aliphatic rings. The predicted molar refractivity (Wildman–Crippen MR) is 145 cm³/mol. The third-order valence-corrected chi connectivity index (χ3v) is 6.85. The van der Waals surface area contributed by atoms with Gasteiger partial charge in [0.15, 0.2) is 0 Å². The van der Waals surface area contributed by atoms with Gasteiger partial charge in [-0.25, -0.2) is 0 Å². The number of carbonyl (C=O) groups excluding carboxylic acids is 1. The Bertz CT molecular complexity index is 1320. The number of hydrogen-bond acceptors (Lipinski definition) is 6. The second-order valence-electron chi connectivity index (χ2n) is 8.41. The minimum Gasteiger partial charge on any atom is -0.489 e. The van der Waals surface area contributed by atoms with Gasteiger partial charge in [-0.3, -0.25) is 14.5 Å². The molecule has 4 rings (SSSR count). The van der Waals surface area contributed by atoms with E-state index >= 15 is 0 Å². The van der Waals surface area contributed by atoms with Crippen LogP contribution in [0.5, 0.6) is 11.5 Å². The van der Waals surface area contributed by atoms with E-state index in [-0.39, 0.29) is 4.32 Å². The number of carboxylic acids is 1. The first kappa shape index (κ1) is 25.5. The molecule has 0 saturated carbocycles. The van der Waals surface area contributed by atoms with Gasteiger partial charge in [-0.2, -0.15) is 0 Å². The van der Waals surface area contributed by atoms with Gasteiger partial charge in [-0.15, -0.1) is 0 Å². The number of amides is 1. The van der Waals surface area contributed by atoms with Gasteiger partial charge in [0.2, 0.25) is 0 Å². The average molecular weight is 520 g/mol. The van der Waals surface area contributed by atoms with E-state index in [9.17, 15) is 9.59 Å². The topological polar surface area (TPSA) is 76.1 Å². The molecule has 0 atom stereocenters. The van der Waals surface area contributed by atoms with Crippen LogP contribution >= 0.6 is 24.0 Å². The summed E-state index contributed by atoms with van der Waals surface area (Å²) in [6, 6.07) is 21.6. The standard InChI is InChI=1S/C28H25NO5S2/c1-18-3-7-20(8-4-18)16-33-23-11-12-24(34-17-21-9-5-19(2)6-10-21)22(13-23)14-25-27(32)29(15-26(30)31)28(35)36-25/h3-14H,15-17H2,1-2H3,(H,30,31)/b25-14+. The van der Waals surface area contributed by atoms with Crippen molar-refractivity contribution in [3.05, 3.63) is 99.5 Å². The summed E-state index contributed by atoms with van der Waals surface area (Å²) in [6.45, 7) is 4.33. The first-order chi connectivity index (χ1) is 17.3. The largest absolute Gasteiger partial charge is 0.489 e. The summed E-state index contributed by atoms with van der Waals surface area (Å²) in [5.41, 5.74) is 5.03. The summed E-state index contributed by atoms with van der Waals surface area (Å²) < 4.78 is 12.3. The van der Waals surface area contributed by atoms with Crippen molar-refractivity contribution in [2.75, 3.05) is 6.54 Å². The third kappa shape index (κ3) is 6.53. The van der Waals surface area contributed by atoms with Gasteiger partial charge < -0.3 is 14.6 Å². The molecule has 1 heterocycles. The molecule has 3 aromatic rings. The first-order valence-electron chi connectivity index (χ1n) is 11.3. The maximum absolute atomic E-state index is 12.8. The Morgan fingerprint density at radius 3 is 2.11 bits per heavy atom. The Kier molecular flexibility index (Phi) is 8.07. The summed E-state index contributed by atoms with van der Waals surface area (Å²) in [4.78, 5) is 25.4. The van der Waals surface area contributed by atoms with E-state index in [0.717, 1.165) is 33.4 Å². The molecule has 1 N–H and O–H groups in total. The van der Waals surface area contributed by atoms with E-state index in [1.807, 2.05) is 80.6 Å². The molecule has 1 fully saturated rings. The lowest BCUT2D eigenvalue weighted by atomic mass is 10.1. The Hall–Kier alpha value is -3.62. The lowest BCUT2D eigenvalue weighted by molar-refractivity contribution is -0.140. The molecule has 0 spiro atoms. The third-order valence-electron chi connectivity index (χ3n) is 5.48. The maximum atomic E-state index is 12.8. The number of aryl methyl sites for hydroxylation is 2. The molecule has 36 heavy (non-hydrogen) atoms. The molecule has 1 saturated heterocycles. The smallest absolute Gasteiger partial charge is 0.323 e. The molecule has 184 valence electrons. The first-order valence-corrected chi connectivity index (χ1v) is 12.5. The zero-order valence-corrected chi connectivity index (χ0v) is 21.5. The van der Waals surface area contributed by atoms with Gasteiger partial charge in [0.05, 0.1) is 4.91 Å². The number of carbonyl (C=O) groups is 2. The molecule has 6 nitrogen and oxygen atoms in total. The van der Waals surface area contributed by atoms with Crippen LogP contribution in [0.4, 0.5) is 0 Å². The van der Waals surface area contributed by atoms with E-state index in [2.05, 4.69) is 0 Å². The minimum absolute atomic E-state index is 0.211. The van der Waals surface area contributed by atoms with Crippen molar-refractivity contribution in [2.24, 2.45) is 0 Å². The molecule has 0 aliphatic carbocycles. The number of aliphatic carboxylic acids is 1. The average Bonchev–Trinajstić information content (AvgIpc) is 3.11. The molecule has 0 unspecified atom stereocenters. The maximum Gasteiger partial charge on any atom is 0.323 e. The number of carboxylic acid groups (broad SMARTS) is 1. The molecule has 3 aromatic carbocycles. The molecule has 0 radical (unpaired) electrons. The van der Waals surface area contributed by atoms with Gasteiger partial charge in [0.1, 0.15) is 35.6 Å². The summed E-state index contributed by atoms with van der Waals surface area (Å²) in [7, 11) is 0. The van der Waals surface area contributed by atoms with Crippen LogP contribution in [-0.4, -0.2) is 32.7 Å². The highest BCUT2D eigenvalue weighted by molar-refractivity contribution is 8.26. The molecular weight excluding hydrogens is 494 g/mol. The van der Waals surface area contributed by atoms with Crippen molar-refractivity contribution in [2.45, 2.75) is 27.1 Å². The van der Waals surface area contributed by atoms with Crippen molar-refractivity contribution < 1.29 is 24.2 Å². The fourth-order valence-electron chi connectivity index (χ4n) is 3.47. The van der Waals surface area contributed by atoms with Crippen LogP contribution in [0.2, 0.25) is 0 Å². The highest BCUT2D eigenvalue weighted by Crippen LogP contribution is 2.35. The number of hydrogen-bond donors (Lipinski definition) is 1. The Balaban J connectivity index is 1.59. The molecular formula is C28H25NO5S2. The van der Waals surface area contributed by atoms with Crippen molar-refractivity contribution >= 4 is 46.3 Å². The van der Waals surface area contributed by atoms with E-state index in [4.69, 9.17) is 26.8 Å².